The number of benzene rings is 3. The third kappa shape index (κ3) is 5.29. The van der Waals surface area contributed by atoms with Gasteiger partial charge in [0, 0.05) is 0 Å². The number of hydrogen-bond acceptors (Lipinski definition) is 3. The molecule has 0 radical (unpaired) electrons. The highest BCUT2D eigenvalue weighted by molar-refractivity contribution is 6.99. The molecule has 3 aromatic rings. The summed E-state index contributed by atoms with van der Waals surface area (Å²) in [5.74, 6) is 3.39. The normalized spacial score (nSPS) is 20.8. The van der Waals surface area contributed by atoms with Crippen LogP contribution in [0.5, 0.6) is 0 Å². The van der Waals surface area contributed by atoms with Crippen LogP contribution in [0.25, 0.3) is 0 Å². The second-order valence-corrected chi connectivity index (χ2v) is 20.7. The van der Waals surface area contributed by atoms with Gasteiger partial charge in [0.15, 0.2) is 5.60 Å². The Hall–Kier alpha value is -2.47. The number of rotatable bonds is 7. The molecule has 0 bridgehead atoms. The lowest BCUT2D eigenvalue weighted by Crippen LogP contribution is -2.67. The minimum absolute atomic E-state index is 0.130. The van der Waals surface area contributed by atoms with E-state index in [1.165, 1.54) is 10.4 Å². The average molecular weight is 515 g/mol. The number of aliphatic hydroxyl groups excluding tert-OH is 1. The molecule has 0 saturated carbocycles. The van der Waals surface area contributed by atoms with E-state index in [4.69, 9.17) is 9.16 Å². The van der Waals surface area contributed by atoms with Crippen molar-refractivity contribution in [2.75, 3.05) is 6.61 Å². The fraction of sp³-hybridized carbons (Fsp3) is 0.355. The molecule has 5 heteroatoms. The van der Waals surface area contributed by atoms with Crippen molar-refractivity contribution in [2.45, 2.75) is 63.3 Å². The molecule has 1 fully saturated rings. The van der Waals surface area contributed by atoms with E-state index in [0.29, 0.717) is 6.61 Å². The average Bonchev–Trinajstić information content (AvgIpc) is 3.58. The summed E-state index contributed by atoms with van der Waals surface area (Å²) in [4.78, 5) is 0. The van der Waals surface area contributed by atoms with Crippen LogP contribution in [0.3, 0.4) is 0 Å². The van der Waals surface area contributed by atoms with Gasteiger partial charge in [0.2, 0.25) is 0 Å². The van der Waals surface area contributed by atoms with E-state index in [-0.39, 0.29) is 11.1 Å². The van der Waals surface area contributed by atoms with Gasteiger partial charge in [0.25, 0.3) is 8.32 Å². The summed E-state index contributed by atoms with van der Waals surface area (Å²) in [7, 11) is -4.39. The maximum atomic E-state index is 11.4. The van der Waals surface area contributed by atoms with E-state index in [1.54, 1.807) is 0 Å². The van der Waals surface area contributed by atoms with Crippen molar-refractivity contribution < 1.29 is 14.3 Å². The zero-order valence-electron chi connectivity index (χ0n) is 22.3. The lowest BCUT2D eigenvalue weighted by atomic mass is 9.93. The number of hydrogen-bond donors (Lipinski definition) is 1. The monoisotopic (exact) mass is 514 g/mol. The van der Waals surface area contributed by atoms with Gasteiger partial charge in [0.05, 0.1) is 6.61 Å². The predicted molar refractivity (Wildman–Crippen MR) is 154 cm³/mol. The van der Waals surface area contributed by atoms with E-state index in [0.717, 1.165) is 5.56 Å². The Kier molecular flexibility index (Phi) is 7.48. The van der Waals surface area contributed by atoms with Crippen molar-refractivity contribution in [1.29, 1.82) is 0 Å². The first-order chi connectivity index (χ1) is 17.0. The highest BCUT2D eigenvalue weighted by Gasteiger charge is 2.62. The predicted octanol–water partition coefficient (Wildman–Crippen LogP) is 5.32. The molecule has 1 unspecified atom stereocenters. The molecule has 0 spiro atoms. The van der Waals surface area contributed by atoms with Crippen LogP contribution in [0.2, 0.25) is 24.7 Å². The minimum Gasteiger partial charge on any atom is -0.405 e. The number of epoxide rings is 1. The van der Waals surface area contributed by atoms with Crippen molar-refractivity contribution in [3.63, 3.8) is 0 Å². The Morgan fingerprint density at radius 3 is 1.78 bits per heavy atom. The zero-order valence-corrected chi connectivity index (χ0v) is 24.3. The summed E-state index contributed by atoms with van der Waals surface area (Å²) in [6.45, 7) is 13.8. The van der Waals surface area contributed by atoms with Gasteiger partial charge < -0.3 is 14.3 Å². The van der Waals surface area contributed by atoms with Crippen molar-refractivity contribution in [3.8, 4) is 11.5 Å². The molecule has 1 heterocycles. The van der Waals surface area contributed by atoms with Gasteiger partial charge >= 0.3 is 0 Å². The first-order valence-electron chi connectivity index (χ1n) is 12.7. The van der Waals surface area contributed by atoms with E-state index in [9.17, 15) is 5.11 Å². The molecule has 1 N–H and O–H groups in total. The number of aliphatic hydroxyl groups is 1. The van der Waals surface area contributed by atoms with Gasteiger partial charge in [-0.15, -0.1) is 5.54 Å². The smallest absolute Gasteiger partial charge is 0.261 e. The maximum absolute atomic E-state index is 11.4. The second kappa shape index (κ2) is 10.1. The minimum atomic E-state index is -2.71. The molecule has 0 aliphatic carbocycles. The molecule has 3 atom stereocenters. The number of ether oxygens (including phenoxy) is 1. The zero-order chi connectivity index (χ0) is 26.0. The van der Waals surface area contributed by atoms with Crippen LogP contribution < -0.4 is 10.4 Å². The summed E-state index contributed by atoms with van der Waals surface area (Å²) in [5.41, 5.74) is 3.32. The Bertz CT molecular complexity index is 1170. The largest absolute Gasteiger partial charge is 0.405 e. The van der Waals surface area contributed by atoms with Crippen LogP contribution in [0.15, 0.2) is 91.0 Å². The summed E-state index contributed by atoms with van der Waals surface area (Å²) in [6, 6.07) is 30.9. The molecule has 36 heavy (non-hydrogen) atoms. The van der Waals surface area contributed by atoms with E-state index >= 15 is 0 Å². The van der Waals surface area contributed by atoms with E-state index in [2.05, 4.69) is 100 Å². The Morgan fingerprint density at radius 1 is 0.861 bits per heavy atom. The third-order valence-corrected chi connectivity index (χ3v) is 12.7. The van der Waals surface area contributed by atoms with Crippen LogP contribution in [-0.4, -0.2) is 39.8 Å². The first-order valence-corrected chi connectivity index (χ1v) is 18.1. The van der Waals surface area contributed by atoms with Crippen LogP contribution in [0, 0.1) is 11.5 Å². The van der Waals surface area contributed by atoms with Gasteiger partial charge in [-0.2, -0.15) is 0 Å². The molecular formula is C31H38O3Si2. The topological polar surface area (TPSA) is 42.0 Å². The van der Waals surface area contributed by atoms with Crippen molar-refractivity contribution in [2.24, 2.45) is 0 Å². The highest BCUT2D eigenvalue weighted by Crippen LogP contribution is 2.48. The first kappa shape index (κ1) is 26.6. The van der Waals surface area contributed by atoms with Gasteiger partial charge in [-0.3, -0.25) is 0 Å². The van der Waals surface area contributed by atoms with Gasteiger partial charge in [-0.05, 0) is 21.0 Å². The molecule has 4 rings (SSSR count). The van der Waals surface area contributed by atoms with Gasteiger partial charge in [-0.1, -0.05) is 137 Å². The quantitative estimate of drug-likeness (QED) is 0.264. The Labute approximate surface area is 218 Å². The molecule has 1 aliphatic rings. The van der Waals surface area contributed by atoms with Crippen molar-refractivity contribution in [3.05, 3.63) is 96.6 Å². The lowest BCUT2D eigenvalue weighted by Gasteiger charge is -2.43. The van der Waals surface area contributed by atoms with Crippen LogP contribution in [-0.2, 0) is 9.16 Å². The Morgan fingerprint density at radius 2 is 1.33 bits per heavy atom. The fourth-order valence-electron chi connectivity index (χ4n) is 4.91. The lowest BCUT2D eigenvalue weighted by molar-refractivity contribution is 0.105. The second-order valence-electron chi connectivity index (χ2n) is 11.7. The molecule has 188 valence electrons. The van der Waals surface area contributed by atoms with Crippen LogP contribution >= 0.6 is 0 Å². The van der Waals surface area contributed by atoms with E-state index in [1.807, 2.05) is 42.5 Å². The molecule has 3 nitrogen and oxygen atoms in total. The molecular weight excluding hydrogens is 477 g/mol. The molecule has 3 aromatic carbocycles. The molecule has 1 saturated heterocycles. The van der Waals surface area contributed by atoms with Crippen molar-refractivity contribution in [1.82, 2.24) is 0 Å². The fourth-order valence-corrected chi connectivity index (χ4v) is 10.0. The molecule has 0 amide bonds. The summed E-state index contributed by atoms with van der Waals surface area (Å²) < 4.78 is 13.4. The van der Waals surface area contributed by atoms with Crippen LogP contribution in [0.1, 0.15) is 32.4 Å². The highest BCUT2D eigenvalue weighted by atomic mass is 28.4. The SMILES string of the molecule is CC(C)(C)[Si](OC[C@H]1O[C@]1(C#C[Si](C)(C)C)C(O)c1ccccc1)(c1ccccc1)c1ccccc1. The standard InChI is InChI=1S/C31H38O3Si2/c1-30(2,3)36(26-18-12-8-13-19-26,27-20-14-9-15-21-27)33-24-28-31(34-28,22-23-35(4,5)6)29(32)25-16-10-7-11-17-25/h7-21,28-29,32H,24H2,1-6H3/t28-,29?,31+/m1/s1. The van der Waals surface area contributed by atoms with Gasteiger partial charge in [-0.25, -0.2) is 0 Å². The summed E-state index contributed by atoms with van der Waals surface area (Å²) >= 11 is 0. The summed E-state index contributed by atoms with van der Waals surface area (Å²) in [6.07, 6.45) is -1.14. The molecule has 0 aromatic heterocycles. The summed E-state index contributed by atoms with van der Waals surface area (Å²) in [5, 5.41) is 13.8. The Balaban J connectivity index is 1.72. The van der Waals surface area contributed by atoms with E-state index < -0.39 is 28.1 Å². The molecule has 1 aliphatic heterocycles. The third-order valence-electron chi connectivity index (χ3n) is 6.78. The maximum Gasteiger partial charge on any atom is 0.261 e. The van der Waals surface area contributed by atoms with Gasteiger partial charge in [0.1, 0.15) is 20.3 Å². The van der Waals surface area contributed by atoms with Crippen LogP contribution in [0.4, 0.5) is 0 Å². The van der Waals surface area contributed by atoms with Crippen molar-refractivity contribution >= 4 is 26.8 Å².